The van der Waals surface area contributed by atoms with E-state index in [9.17, 15) is 22.8 Å². The molecule has 0 bridgehead atoms. The van der Waals surface area contributed by atoms with E-state index in [1.165, 1.54) is 23.4 Å². The highest BCUT2D eigenvalue weighted by Crippen LogP contribution is 2.31. The quantitative estimate of drug-likeness (QED) is 0.173. The maximum absolute atomic E-state index is 13.6. The molecule has 43 heavy (non-hydrogen) atoms. The molecule has 8 nitrogen and oxygen atoms in total. The molecule has 238 valence electrons. The van der Waals surface area contributed by atoms with Gasteiger partial charge in [-0.2, -0.15) is 18.3 Å². The number of carbonyl (C=O) groups excluding carboxylic acids is 2. The molecule has 2 amide bonds. The van der Waals surface area contributed by atoms with Crippen molar-refractivity contribution in [2.75, 3.05) is 6.54 Å². The lowest BCUT2D eigenvalue weighted by Crippen LogP contribution is -2.55. The third-order valence-electron chi connectivity index (χ3n) is 7.86. The fraction of sp³-hybridized carbons (Fsp3) is 0.625. The first kappa shape index (κ1) is 34.1. The van der Waals surface area contributed by atoms with Gasteiger partial charge in [-0.15, -0.1) is 0 Å². The number of hydrogen-bond donors (Lipinski definition) is 3. The molecule has 0 spiro atoms. The standard InChI is InChI=1S/C32H47F3N6O2/c1-6-9-23(16-21(3)7-2)17-26(38-29(42)24-12-13-24)30(43)39-31(4,5)20-41-27(18-28(40-41)32(33,34)35)25(36)14-15-37-19-22-10-8-11-22/h6,9,14-16,18,21-22,24,26H,7-8,10-13,17,19-20,36H2,1-5H3,(H,38,42)(H,39,43)/b9-6-,23-16+,25-14-,37-15?. The SMILES string of the molecule is C/C=C\C(=C/C(C)CC)CC(NC(=O)C1CC1)C(=O)NC(C)(C)Cn1nc(C(F)(F)F)cc1/C(N)=C/C=NCC1CCC1. The highest BCUT2D eigenvalue weighted by atomic mass is 19.4. The number of hydrogen-bond acceptors (Lipinski definition) is 5. The van der Waals surface area contributed by atoms with Crippen LogP contribution in [0.15, 0.2) is 40.9 Å². The second-order valence-electron chi connectivity index (χ2n) is 12.5. The van der Waals surface area contributed by atoms with E-state index in [0.717, 1.165) is 43.7 Å². The number of amides is 2. The van der Waals surface area contributed by atoms with Gasteiger partial charge in [0.15, 0.2) is 5.69 Å². The van der Waals surface area contributed by atoms with E-state index in [1.54, 1.807) is 13.8 Å². The Bertz CT molecular complexity index is 1240. The Morgan fingerprint density at radius 2 is 1.93 bits per heavy atom. The molecule has 1 aromatic rings. The van der Waals surface area contributed by atoms with Crippen LogP contribution < -0.4 is 16.4 Å². The molecule has 2 unspecified atom stereocenters. The molecule has 1 heterocycles. The van der Waals surface area contributed by atoms with Crippen LogP contribution in [0, 0.1) is 17.8 Å². The van der Waals surface area contributed by atoms with Gasteiger partial charge in [-0.25, -0.2) is 0 Å². The van der Waals surface area contributed by atoms with Crippen molar-refractivity contribution in [3.63, 3.8) is 0 Å². The van der Waals surface area contributed by atoms with Crippen molar-refractivity contribution in [3.8, 4) is 0 Å². The first-order chi connectivity index (χ1) is 20.2. The van der Waals surface area contributed by atoms with Crippen LogP contribution in [0.2, 0.25) is 0 Å². The number of allylic oxidation sites excluding steroid dienone is 4. The Hall–Kier alpha value is -3.37. The maximum Gasteiger partial charge on any atom is 0.435 e. The van der Waals surface area contributed by atoms with Gasteiger partial charge in [0, 0.05) is 25.1 Å². The third kappa shape index (κ3) is 10.7. The Balaban J connectivity index is 1.81. The minimum Gasteiger partial charge on any atom is -0.397 e. The predicted octanol–water partition coefficient (Wildman–Crippen LogP) is 5.80. The second kappa shape index (κ2) is 14.9. The summed E-state index contributed by atoms with van der Waals surface area (Å²) in [6, 6.07) is 0.0594. The summed E-state index contributed by atoms with van der Waals surface area (Å²) in [5, 5.41) is 9.65. The maximum atomic E-state index is 13.6. The largest absolute Gasteiger partial charge is 0.435 e. The number of alkyl halides is 3. The van der Waals surface area contributed by atoms with E-state index in [2.05, 4.69) is 40.6 Å². The number of nitrogens with one attached hydrogen (secondary N) is 2. The van der Waals surface area contributed by atoms with E-state index in [4.69, 9.17) is 5.73 Å². The molecule has 2 atom stereocenters. The molecule has 11 heteroatoms. The van der Waals surface area contributed by atoms with Crippen molar-refractivity contribution < 1.29 is 22.8 Å². The summed E-state index contributed by atoms with van der Waals surface area (Å²) in [4.78, 5) is 30.7. The average molecular weight is 605 g/mol. The van der Waals surface area contributed by atoms with E-state index in [0.29, 0.717) is 12.5 Å². The molecular formula is C32H47F3N6O2. The number of nitrogens with two attached hydrogens (primary N) is 1. The topological polar surface area (TPSA) is 114 Å². The molecule has 2 fully saturated rings. The van der Waals surface area contributed by atoms with Crippen LogP contribution in [-0.2, 0) is 22.3 Å². The zero-order valence-corrected chi connectivity index (χ0v) is 26.0. The van der Waals surface area contributed by atoms with Crippen LogP contribution in [-0.4, -0.2) is 45.9 Å². The number of aromatic nitrogens is 2. The first-order valence-electron chi connectivity index (χ1n) is 15.3. The van der Waals surface area contributed by atoms with Crippen LogP contribution in [0.25, 0.3) is 5.70 Å². The van der Waals surface area contributed by atoms with Gasteiger partial charge in [0.1, 0.15) is 6.04 Å². The van der Waals surface area contributed by atoms with Gasteiger partial charge in [-0.05, 0) is 76.0 Å². The van der Waals surface area contributed by atoms with Crippen molar-refractivity contribution >= 4 is 23.7 Å². The number of rotatable bonds is 15. The van der Waals surface area contributed by atoms with E-state index in [1.807, 2.05) is 19.1 Å². The summed E-state index contributed by atoms with van der Waals surface area (Å²) < 4.78 is 42.1. The molecule has 0 aliphatic heterocycles. The van der Waals surface area contributed by atoms with Gasteiger partial charge in [0.25, 0.3) is 0 Å². The first-order valence-corrected chi connectivity index (χ1v) is 15.3. The molecule has 2 aliphatic rings. The minimum atomic E-state index is -4.67. The van der Waals surface area contributed by atoms with Crippen LogP contribution >= 0.6 is 0 Å². The summed E-state index contributed by atoms with van der Waals surface area (Å²) >= 11 is 0. The Labute approximate surface area is 253 Å². The smallest absolute Gasteiger partial charge is 0.397 e. The highest BCUT2D eigenvalue weighted by molar-refractivity contribution is 5.90. The molecular weight excluding hydrogens is 557 g/mol. The van der Waals surface area contributed by atoms with E-state index >= 15 is 0 Å². The van der Waals surface area contributed by atoms with Crippen LogP contribution in [0.3, 0.4) is 0 Å². The second-order valence-corrected chi connectivity index (χ2v) is 12.5. The van der Waals surface area contributed by atoms with E-state index in [-0.39, 0.29) is 42.1 Å². The number of aliphatic imine (C=N–C) groups is 1. The fourth-order valence-corrected chi connectivity index (χ4v) is 4.82. The van der Waals surface area contributed by atoms with Gasteiger partial charge in [-0.1, -0.05) is 44.9 Å². The van der Waals surface area contributed by atoms with Gasteiger partial charge in [0.2, 0.25) is 11.8 Å². The normalized spacial score (nSPS) is 18.6. The van der Waals surface area contributed by atoms with Crippen LogP contribution in [0.1, 0.15) is 91.0 Å². The van der Waals surface area contributed by atoms with Crippen LogP contribution in [0.4, 0.5) is 13.2 Å². The predicted molar refractivity (Wildman–Crippen MR) is 164 cm³/mol. The molecule has 1 aromatic heterocycles. The summed E-state index contributed by atoms with van der Waals surface area (Å²) in [7, 11) is 0. The Morgan fingerprint density at radius 3 is 2.49 bits per heavy atom. The number of halogens is 3. The molecule has 2 saturated carbocycles. The summed E-state index contributed by atoms with van der Waals surface area (Å²) in [6.45, 7) is 10.0. The lowest BCUT2D eigenvalue weighted by atomic mass is 9.86. The fourth-order valence-electron chi connectivity index (χ4n) is 4.82. The zero-order chi connectivity index (χ0) is 31.8. The Morgan fingerprint density at radius 1 is 1.23 bits per heavy atom. The van der Waals surface area contributed by atoms with Crippen molar-refractivity contribution in [1.82, 2.24) is 20.4 Å². The summed E-state index contributed by atoms with van der Waals surface area (Å²) in [6.07, 6.45) is 10.5. The van der Waals surface area contributed by atoms with Gasteiger partial charge < -0.3 is 16.4 Å². The van der Waals surface area contributed by atoms with Crippen molar-refractivity contribution in [2.45, 2.75) is 104 Å². The number of nitrogens with zero attached hydrogens (tertiary/aromatic N) is 3. The lowest BCUT2D eigenvalue weighted by Gasteiger charge is -2.30. The monoisotopic (exact) mass is 604 g/mol. The zero-order valence-electron chi connectivity index (χ0n) is 26.0. The van der Waals surface area contributed by atoms with Gasteiger partial charge in [-0.3, -0.25) is 19.3 Å². The van der Waals surface area contributed by atoms with Crippen molar-refractivity contribution in [3.05, 3.63) is 47.3 Å². The molecule has 0 radical (unpaired) electrons. The molecule has 3 rings (SSSR count). The van der Waals surface area contributed by atoms with Crippen molar-refractivity contribution in [2.24, 2.45) is 28.5 Å². The average Bonchev–Trinajstić information content (AvgIpc) is 3.66. The molecule has 0 saturated heterocycles. The van der Waals surface area contributed by atoms with Crippen LogP contribution in [0.5, 0.6) is 0 Å². The minimum absolute atomic E-state index is 0.0789. The molecule has 4 N–H and O–H groups in total. The van der Waals surface area contributed by atoms with E-state index < -0.39 is 29.4 Å². The lowest BCUT2D eigenvalue weighted by molar-refractivity contribution is -0.141. The summed E-state index contributed by atoms with van der Waals surface area (Å²) in [5.41, 5.74) is 5.18. The molecule has 0 aromatic carbocycles. The Kier molecular flexibility index (Phi) is 11.8. The number of carbonyl (C=O) groups is 2. The summed E-state index contributed by atoms with van der Waals surface area (Å²) in [5.74, 6) is 0.159. The third-order valence-corrected chi connectivity index (χ3v) is 7.86. The van der Waals surface area contributed by atoms with Crippen molar-refractivity contribution in [1.29, 1.82) is 0 Å². The van der Waals surface area contributed by atoms with Gasteiger partial charge >= 0.3 is 6.18 Å². The van der Waals surface area contributed by atoms with Gasteiger partial charge in [0.05, 0.1) is 23.5 Å². The highest BCUT2D eigenvalue weighted by Gasteiger charge is 2.37. The molecule has 2 aliphatic carbocycles.